The molecule has 4 rings (SSSR count). The Morgan fingerprint density at radius 3 is 2.54 bits per heavy atom. The van der Waals surface area contributed by atoms with Crippen LogP contribution < -0.4 is 14.8 Å². The van der Waals surface area contributed by atoms with E-state index < -0.39 is 0 Å². The maximum atomic E-state index is 6.21. The second-order valence-corrected chi connectivity index (χ2v) is 11.0. The molecule has 0 bridgehead atoms. The highest BCUT2D eigenvalue weighted by Crippen LogP contribution is 2.35. The van der Waals surface area contributed by atoms with E-state index >= 15 is 0 Å². The Morgan fingerprint density at radius 2 is 1.76 bits per heavy atom. The molecule has 3 aromatic rings. The van der Waals surface area contributed by atoms with Crippen LogP contribution in [0.4, 0.5) is 5.82 Å². The van der Waals surface area contributed by atoms with Crippen molar-refractivity contribution in [2.24, 2.45) is 0 Å². The molecule has 0 spiro atoms. The standard InChI is InChI=1S/C30H41BrN4O2/c1-22(24-13-12-14-25(31)19-24)32-30-26-20-29(28(36-3)21-27(26)33-23(2)34-30)37-18-11-6-4-5-8-15-35-16-9-7-10-17-35/h12-14,19-22H,4-11,15-18H2,1-3H3,(H,32,33,34)/t22-/m1/s1. The van der Waals surface area contributed by atoms with E-state index in [1.807, 2.05) is 31.2 Å². The van der Waals surface area contributed by atoms with Gasteiger partial charge in [0.2, 0.25) is 0 Å². The first-order valence-corrected chi connectivity index (χ1v) is 14.6. The molecular weight excluding hydrogens is 528 g/mol. The van der Waals surface area contributed by atoms with Gasteiger partial charge in [-0.15, -0.1) is 0 Å². The number of ether oxygens (including phenoxy) is 2. The SMILES string of the molecule is COc1cc2nc(C)nc(N[C@H](C)c3cccc(Br)c3)c2cc1OCCCCCCCN1CCCCC1. The van der Waals surface area contributed by atoms with E-state index in [0.29, 0.717) is 18.2 Å². The number of aryl methyl sites for hydroxylation is 1. The molecule has 1 N–H and O–H groups in total. The van der Waals surface area contributed by atoms with Gasteiger partial charge in [-0.3, -0.25) is 0 Å². The van der Waals surface area contributed by atoms with Crippen molar-refractivity contribution in [2.45, 2.75) is 71.3 Å². The second-order valence-electron chi connectivity index (χ2n) is 10.1. The first-order valence-electron chi connectivity index (χ1n) is 13.8. The van der Waals surface area contributed by atoms with Crippen LogP contribution in [-0.4, -0.2) is 48.2 Å². The summed E-state index contributed by atoms with van der Waals surface area (Å²) in [5.74, 6) is 2.97. The average Bonchev–Trinajstić information content (AvgIpc) is 2.90. The zero-order valence-corrected chi connectivity index (χ0v) is 24.1. The molecule has 1 aromatic heterocycles. The number of aromatic nitrogens is 2. The number of methoxy groups -OCH3 is 1. The van der Waals surface area contributed by atoms with Crippen molar-refractivity contribution < 1.29 is 9.47 Å². The van der Waals surface area contributed by atoms with E-state index in [4.69, 9.17) is 14.5 Å². The topological polar surface area (TPSA) is 59.5 Å². The summed E-state index contributed by atoms with van der Waals surface area (Å²) in [6.07, 6.45) is 10.3. The number of benzene rings is 2. The number of hydrogen-bond donors (Lipinski definition) is 1. The van der Waals surface area contributed by atoms with Crippen molar-refractivity contribution in [1.29, 1.82) is 0 Å². The molecule has 2 aromatic carbocycles. The first kappa shape index (κ1) is 27.6. The zero-order valence-electron chi connectivity index (χ0n) is 22.6. The minimum atomic E-state index is 0.0800. The molecule has 1 atom stereocenters. The minimum absolute atomic E-state index is 0.0800. The van der Waals surface area contributed by atoms with Gasteiger partial charge in [-0.25, -0.2) is 9.97 Å². The molecule has 0 saturated carbocycles. The van der Waals surface area contributed by atoms with Crippen LogP contribution >= 0.6 is 15.9 Å². The Bertz CT molecular complexity index is 1150. The van der Waals surface area contributed by atoms with Crippen LogP contribution in [-0.2, 0) is 0 Å². The van der Waals surface area contributed by atoms with Crippen LogP contribution in [0.3, 0.4) is 0 Å². The number of hydrogen-bond acceptors (Lipinski definition) is 6. The van der Waals surface area contributed by atoms with E-state index in [2.05, 4.69) is 50.2 Å². The molecule has 0 unspecified atom stereocenters. The van der Waals surface area contributed by atoms with Crippen LogP contribution in [0.25, 0.3) is 10.9 Å². The fraction of sp³-hybridized carbons (Fsp3) is 0.533. The average molecular weight is 570 g/mol. The summed E-state index contributed by atoms with van der Waals surface area (Å²) in [5, 5.41) is 4.51. The Hall–Kier alpha value is -2.38. The Labute approximate surface area is 230 Å². The lowest BCUT2D eigenvalue weighted by atomic mass is 10.1. The van der Waals surface area contributed by atoms with Gasteiger partial charge in [-0.2, -0.15) is 0 Å². The molecule has 0 aliphatic carbocycles. The largest absolute Gasteiger partial charge is 0.493 e. The minimum Gasteiger partial charge on any atom is -0.493 e. The highest BCUT2D eigenvalue weighted by atomic mass is 79.9. The van der Waals surface area contributed by atoms with Crippen LogP contribution in [0, 0.1) is 6.92 Å². The Kier molecular flexibility index (Phi) is 10.4. The number of nitrogens with one attached hydrogen (secondary N) is 1. The molecule has 200 valence electrons. The number of piperidine rings is 1. The number of unbranched alkanes of at least 4 members (excludes halogenated alkanes) is 4. The highest BCUT2D eigenvalue weighted by Gasteiger charge is 2.15. The normalized spacial score (nSPS) is 15.0. The molecule has 1 saturated heterocycles. The summed E-state index contributed by atoms with van der Waals surface area (Å²) in [6, 6.07) is 12.4. The fourth-order valence-electron chi connectivity index (χ4n) is 5.03. The van der Waals surface area contributed by atoms with E-state index in [9.17, 15) is 0 Å². The molecule has 1 aliphatic rings. The Morgan fingerprint density at radius 1 is 0.973 bits per heavy atom. The van der Waals surface area contributed by atoms with E-state index in [0.717, 1.165) is 33.4 Å². The van der Waals surface area contributed by atoms with Gasteiger partial charge in [-0.05, 0) is 82.9 Å². The van der Waals surface area contributed by atoms with Gasteiger partial charge in [0.25, 0.3) is 0 Å². The number of likely N-dealkylation sites (tertiary alicyclic amines) is 1. The van der Waals surface area contributed by atoms with E-state index in [-0.39, 0.29) is 6.04 Å². The lowest BCUT2D eigenvalue weighted by Gasteiger charge is -2.26. The molecule has 0 amide bonds. The summed E-state index contributed by atoms with van der Waals surface area (Å²) >= 11 is 3.57. The predicted octanol–water partition coefficient (Wildman–Crippen LogP) is 7.70. The van der Waals surface area contributed by atoms with Crippen LogP contribution in [0.1, 0.15) is 75.7 Å². The highest BCUT2D eigenvalue weighted by molar-refractivity contribution is 9.10. The number of fused-ring (bicyclic) bond motifs is 1. The third-order valence-corrected chi connectivity index (χ3v) is 7.61. The summed E-state index contributed by atoms with van der Waals surface area (Å²) in [4.78, 5) is 12.0. The molecular formula is C30H41BrN4O2. The van der Waals surface area contributed by atoms with Gasteiger partial charge < -0.3 is 19.7 Å². The van der Waals surface area contributed by atoms with Crippen LogP contribution in [0.2, 0.25) is 0 Å². The summed E-state index contributed by atoms with van der Waals surface area (Å²) < 4.78 is 12.9. The van der Waals surface area contributed by atoms with Crippen molar-refractivity contribution in [3.63, 3.8) is 0 Å². The smallest absolute Gasteiger partial charge is 0.162 e. The maximum absolute atomic E-state index is 6.21. The van der Waals surface area contributed by atoms with Crippen molar-refractivity contribution in [3.8, 4) is 11.5 Å². The van der Waals surface area contributed by atoms with Crippen molar-refractivity contribution in [1.82, 2.24) is 14.9 Å². The third kappa shape index (κ3) is 8.05. The van der Waals surface area contributed by atoms with Crippen LogP contribution in [0.5, 0.6) is 11.5 Å². The van der Waals surface area contributed by atoms with Gasteiger partial charge in [0.15, 0.2) is 11.5 Å². The molecule has 37 heavy (non-hydrogen) atoms. The number of anilines is 1. The van der Waals surface area contributed by atoms with Gasteiger partial charge in [0, 0.05) is 15.9 Å². The summed E-state index contributed by atoms with van der Waals surface area (Å²) in [5.41, 5.74) is 2.02. The first-order chi connectivity index (χ1) is 18.0. The van der Waals surface area contributed by atoms with Gasteiger partial charge in [0.05, 0.1) is 25.3 Å². The quantitative estimate of drug-likeness (QED) is 0.213. The molecule has 1 fully saturated rings. The molecule has 6 nitrogen and oxygen atoms in total. The monoisotopic (exact) mass is 568 g/mol. The number of halogens is 1. The van der Waals surface area contributed by atoms with Crippen molar-refractivity contribution >= 4 is 32.7 Å². The van der Waals surface area contributed by atoms with E-state index in [1.165, 1.54) is 70.1 Å². The van der Waals surface area contributed by atoms with Gasteiger partial charge in [-0.1, -0.05) is 53.7 Å². The van der Waals surface area contributed by atoms with E-state index in [1.54, 1.807) is 7.11 Å². The summed E-state index contributed by atoms with van der Waals surface area (Å²) in [6.45, 7) is 8.59. The van der Waals surface area contributed by atoms with Crippen molar-refractivity contribution in [2.75, 3.05) is 38.7 Å². The second kappa shape index (κ2) is 14.0. The Balaban J connectivity index is 1.34. The number of rotatable bonds is 13. The van der Waals surface area contributed by atoms with Crippen molar-refractivity contribution in [3.05, 3.63) is 52.3 Å². The fourth-order valence-corrected chi connectivity index (χ4v) is 5.45. The molecule has 1 aliphatic heterocycles. The van der Waals surface area contributed by atoms with Gasteiger partial charge >= 0.3 is 0 Å². The van der Waals surface area contributed by atoms with Gasteiger partial charge in [0.1, 0.15) is 11.6 Å². The zero-order chi connectivity index (χ0) is 26.0. The molecule has 7 heteroatoms. The molecule has 2 heterocycles. The van der Waals surface area contributed by atoms with Crippen LogP contribution in [0.15, 0.2) is 40.9 Å². The lowest BCUT2D eigenvalue weighted by Crippen LogP contribution is -2.30. The lowest BCUT2D eigenvalue weighted by molar-refractivity contribution is 0.223. The third-order valence-electron chi connectivity index (χ3n) is 7.12. The maximum Gasteiger partial charge on any atom is 0.162 e. The summed E-state index contributed by atoms with van der Waals surface area (Å²) in [7, 11) is 1.68. The number of nitrogens with zero attached hydrogens (tertiary/aromatic N) is 3. The predicted molar refractivity (Wildman–Crippen MR) is 156 cm³/mol. The molecule has 0 radical (unpaired) electrons.